The van der Waals surface area contributed by atoms with Crippen LogP contribution in [0.3, 0.4) is 0 Å². The van der Waals surface area contributed by atoms with Gasteiger partial charge >= 0.3 is 0 Å². The van der Waals surface area contributed by atoms with Crippen LogP contribution in [0.4, 0.5) is 8.78 Å². The fourth-order valence-electron chi connectivity index (χ4n) is 2.54. The first kappa shape index (κ1) is 11.6. The molecule has 1 saturated carbocycles. The minimum absolute atomic E-state index is 0.0967. The molecule has 0 nitrogen and oxygen atoms in total. The second-order valence-electron chi connectivity index (χ2n) is 4.94. The molecule has 0 bridgehead atoms. The van der Waals surface area contributed by atoms with Gasteiger partial charge in [-0.25, -0.2) is 8.78 Å². The van der Waals surface area contributed by atoms with Gasteiger partial charge in [0.1, 0.15) is 11.6 Å². The summed E-state index contributed by atoms with van der Waals surface area (Å²) in [5.41, 5.74) is 0.532. The van der Waals surface area contributed by atoms with Crippen molar-refractivity contribution in [3.05, 3.63) is 41.3 Å². The molecule has 0 aliphatic heterocycles. The van der Waals surface area contributed by atoms with E-state index in [1.165, 1.54) is 30.5 Å². The minimum Gasteiger partial charge on any atom is -0.207 e. The van der Waals surface area contributed by atoms with Crippen LogP contribution in [0, 0.1) is 23.5 Å². The standard InChI is InChI=1S/C14H17F2/c1-9-3-4-10(2)12(7-9)13-8-11(15)5-6-14(13)16/h5-6,8-9,12H,3-4,7H2,1-2H3. The van der Waals surface area contributed by atoms with Gasteiger partial charge in [0.05, 0.1) is 0 Å². The van der Waals surface area contributed by atoms with Gasteiger partial charge in [0.2, 0.25) is 0 Å². The van der Waals surface area contributed by atoms with Crippen molar-refractivity contribution in [2.24, 2.45) is 5.92 Å². The van der Waals surface area contributed by atoms with Crippen LogP contribution in [-0.4, -0.2) is 0 Å². The Balaban J connectivity index is 2.30. The summed E-state index contributed by atoms with van der Waals surface area (Å²) in [5.74, 6) is 1.35. The Morgan fingerprint density at radius 3 is 2.75 bits per heavy atom. The van der Waals surface area contributed by atoms with Crippen LogP contribution in [0.5, 0.6) is 0 Å². The van der Waals surface area contributed by atoms with Crippen molar-refractivity contribution in [3.8, 4) is 0 Å². The number of halogens is 2. The molecule has 2 atom stereocenters. The lowest BCUT2D eigenvalue weighted by molar-refractivity contribution is 0.363. The molecular formula is C14H17F2. The second kappa shape index (κ2) is 4.52. The number of benzene rings is 1. The first-order valence-electron chi connectivity index (χ1n) is 5.85. The average Bonchev–Trinajstić information content (AvgIpc) is 2.25. The molecule has 1 aromatic carbocycles. The Hall–Kier alpha value is -0.920. The van der Waals surface area contributed by atoms with Crippen LogP contribution < -0.4 is 0 Å². The van der Waals surface area contributed by atoms with Gasteiger partial charge in [-0.1, -0.05) is 20.3 Å². The van der Waals surface area contributed by atoms with Crippen LogP contribution in [0.1, 0.15) is 44.6 Å². The summed E-state index contributed by atoms with van der Waals surface area (Å²) in [6.45, 7) is 4.23. The van der Waals surface area contributed by atoms with Gasteiger partial charge in [0, 0.05) is 0 Å². The number of hydrogen-bond donors (Lipinski definition) is 0. The number of rotatable bonds is 1. The maximum absolute atomic E-state index is 13.7. The lowest BCUT2D eigenvalue weighted by Gasteiger charge is -2.32. The summed E-state index contributed by atoms with van der Waals surface area (Å²) in [6, 6.07) is 3.76. The normalized spacial score (nSPS) is 27.0. The Morgan fingerprint density at radius 1 is 1.25 bits per heavy atom. The summed E-state index contributed by atoms with van der Waals surface area (Å²) in [6.07, 6.45) is 3.13. The van der Waals surface area contributed by atoms with Crippen molar-refractivity contribution in [1.82, 2.24) is 0 Å². The molecule has 0 spiro atoms. The summed E-state index contributed by atoms with van der Waals surface area (Å²) < 4.78 is 26.8. The Labute approximate surface area is 95.7 Å². The van der Waals surface area contributed by atoms with Crippen molar-refractivity contribution >= 4 is 0 Å². The van der Waals surface area contributed by atoms with E-state index in [1.807, 2.05) is 0 Å². The molecular weight excluding hydrogens is 206 g/mol. The monoisotopic (exact) mass is 223 g/mol. The largest absolute Gasteiger partial charge is 0.207 e. The second-order valence-corrected chi connectivity index (χ2v) is 4.94. The SMILES string of the molecule is C[C]1CCC(C)CC1c1cc(F)ccc1F. The molecule has 0 saturated heterocycles. The summed E-state index contributed by atoms with van der Waals surface area (Å²) >= 11 is 0. The highest BCUT2D eigenvalue weighted by atomic mass is 19.1. The van der Waals surface area contributed by atoms with E-state index in [0.29, 0.717) is 11.5 Å². The van der Waals surface area contributed by atoms with E-state index in [9.17, 15) is 8.78 Å². The third-order valence-corrected chi connectivity index (χ3v) is 3.60. The quantitative estimate of drug-likeness (QED) is 0.659. The number of hydrogen-bond acceptors (Lipinski definition) is 0. The van der Waals surface area contributed by atoms with Crippen LogP contribution in [0.15, 0.2) is 18.2 Å². The highest BCUT2D eigenvalue weighted by Gasteiger charge is 2.29. The van der Waals surface area contributed by atoms with Gasteiger partial charge in [-0.15, -0.1) is 0 Å². The third-order valence-electron chi connectivity index (χ3n) is 3.60. The lowest BCUT2D eigenvalue weighted by atomic mass is 9.72. The van der Waals surface area contributed by atoms with Crippen LogP contribution in [-0.2, 0) is 0 Å². The smallest absolute Gasteiger partial charge is 0.126 e. The fraction of sp³-hybridized carbons (Fsp3) is 0.500. The van der Waals surface area contributed by atoms with Crippen molar-refractivity contribution in [2.45, 2.75) is 39.0 Å². The van der Waals surface area contributed by atoms with E-state index in [-0.39, 0.29) is 17.6 Å². The van der Waals surface area contributed by atoms with E-state index in [1.54, 1.807) is 0 Å². The van der Waals surface area contributed by atoms with Crippen LogP contribution in [0.2, 0.25) is 0 Å². The predicted octanol–water partition coefficient (Wildman–Crippen LogP) is 4.46. The maximum Gasteiger partial charge on any atom is 0.126 e. The van der Waals surface area contributed by atoms with Gasteiger partial charge in [-0.05, 0) is 54.4 Å². The fourth-order valence-corrected chi connectivity index (χ4v) is 2.54. The molecule has 1 fully saturated rings. The summed E-state index contributed by atoms with van der Waals surface area (Å²) in [5, 5.41) is 0. The van der Waals surface area contributed by atoms with E-state index in [4.69, 9.17) is 0 Å². The zero-order valence-corrected chi connectivity index (χ0v) is 9.76. The molecule has 87 valence electrons. The molecule has 2 rings (SSSR count). The van der Waals surface area contributed by atoms with Crippen LogP contribution >= 0.6 is 0 Å². The van der Waals surface area contributed by atoms with Gasteiger partial charge in [0.25, 0.3) is 0 Å². The zero-order valence-electron chi connectivity index (χ0n) is 9.76. The molecule has 0 heterocycles. The molecule has 16 heavy (non-hydrogen) atoms. The van der Waals surface area contributed by atoms with Crippen molar-refractivity contribution < 1.29 is 8.78 Å². The summed E-state index contributed by atoms with van der Waals surface area (Å²) in [4.78, 5) is 0. The van der Waals surface area contributed by atoms with Crippen LogP contribution in [0.25, 0.3) is 0 Å². The van der Waals surface area contributed by atoms with Crippen molar-refractivity contribution in [1.29, 1.82) is 0 Å². The van der Waals surface area contributed by atoms with Gasteiger partial charge < -0.3 is 0 Å². The van der Waals surface area contributed by atoms with Crippen molar-refractivity contribution in [2.75, 3.05) is 0 Å². The summed E-state index contributed by atoms with van der Waals surface area (Å²) in [7, 11) is 0. The molecule has 1 aliphatic carbocycles. The van der Waals surface area contributed by atoms with E-state index in [2.05, 4.69) is 13.8 Å². The van der Waals surface area contributed by atoms with E-state index < -0.39 is 0 Å². The molecule has 0 amide bonds. The molecule has 1 radical (unpaired) electrons. The molecule has 1 aliphatic rings. The van der Waals surface area contributed by atoms with E-state index in [0.717, 1.165) is 12.8 Å². The molecule has 0 N–H and O–H groups in total. The maximum atomic E-state index is 13.7. The zero-order chi connectivity index (χ0) is 11.7. The highest BCUT2D eigenvalue weighted by Crippen LogP contribution is 2.42. The lowest BCUT2D eigenvalue weighted by Crippen LogP contribution is -2.19. The third kappa shape index (κ3) is 2.26. The Morgan fingerprint density at radius 2 is 2.00 bits per heavy atom. The van der Waals surface area contributed by atoms with Gasteiger partial charge in [0.15, 0.2) is 0 Å². The molecule has 2 unspecified atom stereocenters. The molecule has 2 heteroatoms. The van der Waals surface area contributed by atoms with Gasteiger partial charge in [-0.3, -0.25) is 0 Å². The van der Waals surface area contributed by atoms with E-state index >= 15 is 0 Å². The Bertz CT molecular complexity index is 373. The molecule has 1 aromatic rings. The van der Waals surface area contributed by atoms with Crippen molar-refractivity contribution in [3.63, 3.8) is 0 Å². The minimum atomic E-state index is -0.345. The van der Waals surface area contributed by atoms with Gasteiger partial charge in [-0.2, -0.15) is 0 Å². The first-order valence-corrected chi connectivity index (χ1v) is 5.85. The topological polar surface area (TPSA) is 0 Å². The Kier molecular flexibility index (Phi) is 3.27. The average molecular weight is 223 g/mol. The highest BCUT2D eigenvalue weighted by molar-refractivity contribution is 5.28. The molecule has 0 aromatic heterocycles. The first-order chi connectivity index (χ1) is 7.58. The predicted molar refractivity (Wildman–Crippen MR) is 61.0 cm³/mol.